The van der Waals surface area contributed by atoms with Crippen LogP contribution in [0.3, 0.4) is 0 Å². The van der Waals surface area contributed by atoms with Crippen LogP contribution in [0.25, 0.3) is 0 Å². The number of carbonyl (C=O) groups excluding carboxylic acids is 2. The molecule has 2 N–H and O–H groups in total. The molecule has 2 heterocycles. The number of aromatic nitrogens is 2. The van der Waals surface area contributed by atoms with Crippen molar-refractivity contribution in [2.75, 3.05) is 18.5 Å². The fourth-order valence-corrected chi connectivity index (χ4v) is 4.33. The lowest BCUT2D eigenvalue weighted by molar-refractivity contribution is -0.274. The zero-order chi connectivity index (χ0) is 26.3. The first-order valence-electron chi connectivity index (χ1n) is 11.3. The normalized spacial score (nSPS) is 14.0. The molecule has 8 nitrogen and oxygen atoms in total. The number of benzene rings is 1. The largest absolute Gasteiger partial charge is 0.573 e. The fraction of sp³-hybridized carbons (Fsp3) is 0.280. The van der Waals surface area contributed by atoms with Crippen LogP contribution >= 0.6 is 11.8 Å². The molecule has 0 bridgehead atoms. The molecule has 1 aliphatic carbocycles. The van der Waals surface area contributed by atoms with Crippen molar-refractivity contribution in [3.63, 3.8) is 0 Å². The van der Waals surface area contributed by atoms with Gasteiger partial charge in [-0.25, -0.2) is 4.98 Å². The van der Waals surface area contributed by atoms with Gasteiger partial charge in [-0.15, -0.1) is 13.2 Å². The lowest BCUT2D eigenvalue weighted by Crippen LogP contribution is -2.30. The number of carbonyl (C=O) groups is 2. The molecule has 3 aromatic rings. The van der Waals surface area contributed by atoms with E-state index in [1.165, 1.54) is 18.3 Å². The molecule has 1 saturated carbocycles. The molecule has 1 fully saturated rings. The predicted molar refractivity (Wildman–Crippen MR) is 130 cm³/mol. The predicted octanol–water partition coefficient (Wildman–Crippen LogP) is 4.96. The summed E-state index contributed by atoms with van der Waals surface area (Å²) in [6.45, 7) is 0.469. The summed E-state index contributed by atoms with van der Waals surface area (Å²) >= 11 is 1.16. The molecule has 4 rings (SSSR count). The minimum atomic E-state index is -4.81. The van der Waals surface area contributed by atoms with Gasteiger partial charge in [-0.1, -0.05) is 11.8 Å². The maximum Gasteiger partial charge on any atom is 0.573 e. The number of rotatable bonds is 11. The number of thioether (sulfide) groups is 1. The summed E-state index contributed by atoms with van der Waals surface area (Å²) in [7, 11) is 0. The molecular formula is C25H23F3N4O4S. The summed E-state index contributed by atoms with van der Waals surface area (Å²) in [5, 5.41) is 5.31. The molecular weight excluding hydrogens is 509 g/mol. The second-order valence-electron chi connectivity index (χ2n) is 8.19. The smallest absolute Gasteiger partial charge is 0.406 e. The molecule has 194 valence electrons. The number of halogens is 3. The molecule has 0 saturated heterocycles. The van der Waals surface area contributed by atoms with Gasteiger partial charge >= 0.3 is 6.36 Å². The third-order valence-corrected chi connectivity index (χ3v) is 6.35. The second kappa shape index (κ2) is 12.1. The molecule has 1 aromatic carbocycles. The van der Waals surface area contributed by atoms with Gasteiger partial charge in [-0.3, -0.25) is 14.6 Å². The van der Waals surface area contributed by atoms with Gasteiger partial charge in [0.15, 0.2) is 0 Å². The molecule has 0 spiro atoms. The van der Waals surface area contributed by atoms with Crippen LogP contribution in [0.5, 0.6) is 5.75 Å². The highest BCUT2D eigenvalue weighted by Crippen LogP contribution is 2.34. The van der Waals surface area contributed by atoms with E-state index in [-0.39, 0.29) is 23.8 Å². The van der Waals surface area contributed by atoms with Gasteiger partial charge in [0.25, 0.3) is 5.91 Å². The van der Waals surface area contributed by atoms with Crippen molar-refractivity contribution in [3.05, 3.63) is 78.2 Å². The molecule has 12 heteroatoms. The number of hydrogen-bond acceptors (Lipinski definition) is 7. The van der Waals surface area contributed by atoms with E-state index in [2.05, 4.69) is 25.3 Å². The Balaban J connectivity index is 1.45. The van der Waals surface area contributed by atoms with Crippen LogP contribution in [0.1, 0.15) is 34.1 Å². The number of nitrogens with one attached hydrogen (secondary N) is 2. The molecule has 1 unspecified atom stereocenters. The number of pyridine rings is 2. The Labute approximate surface area is 215 Å². The summed E-state index contributed by atoms with van der Waals surface area (Å²) < 4.78 is 46.5. The van der Waals surface area contributed by atoms with Gasteiger partial charge in [0.1, 0.15) is 22.8 Å². The summed E-state index contributed by atoms with van der Waals surface area (Å²) in [6.07, 6.45) is 2.14. The highest BCUT2D eigenvalue weighted by atomic mass is 32.2. The van der Waals surface area contributed by atoms with E-state index in [1.54, 1.807) is 36.7 Å². The monoisotopic (exact) mass is 532 g/mol. The third kappa shape index (κ3) is 8.46. The van der Waals surface area contributed by atoms with E-state index in [9.17, 15) is 22.8 Å². The molecule has 37 heavy (non-hydrogen) atoms. The zero-order valence-corrected chi connectivity index (χ0v) is 20.2. The van der Waals surface area contributed by atoms with E-state index in [0.29, 0.717) is 17.6 Å². The lowest BCUT2D eigenvalue weighted by Gasteiger charge is -2.19. The van der Waals surface area contributed by atoms with E-state index in [0.717, 1.165) is 42.3 Å². The Morgan fingerprint density at radius 1 is 1.05 bits per heavy atom. The van der Waals surface area contributed by atoms with E-state index in [4.69, 9.17) is 4.74 Å². The van der Waals surface area contributed by atoms with Crippen LogP contribution in [0.4, 0.5) is 18.9 Å². The molecule has 1 atom stereocenters. The minimum absolute atomic E-state index is 0.0811. The first-order valence-corrected chi connectivity index (χ1v) is 12.2. The number of amides is 2. The van der Waals surface area contributed by atoms with Crippen LogP contribution in [-0.4, -0.2) is 41.4 Å². The van der Waals surface area contributed by atoms with E-state index in [1.807, 2.05) is 0 Å². The fourth-order valence-electron chi connectivity index (χ4n) is 3.22. The summed E-state index contributed by atoms with van der Waals surface area (Å²) in [5.74, 6) is -0.702. The van der Waals surface area contributed by atoms with Gasteiger partial charge in [-0.05, 0) is 72.9 Å². The van der Waals surface area contributed by atoms with Gasteiger partial charge in [0.2, 0.25) is 5.91 Å². The van der Waals surface area contributed by atoms with Crippen molar-refractivity contribution in [1.29, 1.82) is 0 Å². The van der Waals surface area contributed by atoms with Gasteiger partial charge < -0.3 is 20.1 Å². The van der Waals surface area contributed by atoms with Gasteiger partial charge in [0.05, 0.1) is 12.2 Å². The average Bonchev–Trinajstić information content (AvgIpc) is 3.69. The van der Waals surface area contributed by atoms with Crippen molar-refractivity contribution >= 4 is 29.3 Å². The standard InChI is InChI=1S/C25H23F3N4O4S/c26-25(27,28)36-19-7-5-18(6-8-19)31-22(34)20-2-1-11-30-24(20)37-23(17-9-12-29-13-10-17)32-21(33)15-35-14-16-3-4-16/h1-2,5-13,16,23H,3-4,14-15H2,(H,31,34)(H,32,33). The van der Waals surface area contributed by atoms with E-state index >= 15 is 0 Å². The highest BCUT2D eigenvalue weighted by molar-refractivity contribution is 7.99. The van der Waals surface area contributed by atoms with E-state index < -0.39 is 23.4 Å². The Hall–Kier alpha value is -3.64. The summed E-state index contributed by atoms with van der Waals surface area (Å²) in [6, 6.07) is 11.4. The number of anilines is 1. The van der Waals surface area contributed by atoms with Gasteiger partial charge in [-0.2, -0.15) is 0 Å². The van der Waals surface area contributed by atoms with Crippen LogP contribution < -0.4 is 15.4 Å². The number of alkyl halides is 3. The first kappa shape index (κ1) is 26.4. The minimum Gasteiger partial charge on any atom is -0.406 e. The Bertz CT molecular complexity index is 1210. The van der Waals surface area contributed by atoms with Crippen LogP contribution in [0.2, 0.25) is 0 Å². The van der Waals surface area contributed by atoms with Crippen LogP contribution in [-0.2, 0) is 9.53 Å². The Morgan fingerprint density at radius 3 is 2.46 bits per heavy atom. The molecule has 2 amide bonds. The van der Waals surface area contributed by atoms with Crippen molar-refractivity contribution in [2.45, 2.75) is 29.6 Å². The number of hydrogen-bond donors (Lipinski definition) is 2. The molecule has 0 aliphatic heterocycles. The number of ether oxygens (including phenoxy) is 2. The van der Waals surface area contributed by atoms with Crippen LogP contribution in [0, 0.1) is 5.92 Å². The lowest BCUT2D eigenvalue weighted by atomic mass is 10.2. The van der Waals surface area contributed by atoms with Gasteiger partial charge in [0, 0.05) is 24.3 Å². The Morgan fingerprint density at radius 2 is 1.78 bits per heavy atom. The zero-order valence-electron chi connectivity index (χ0n) is 19.4. The maximum atomic E-state index is 13.0. The van der Waals surface area contributed by atoms with Crippen molar-refractivity contribution in [1.82, 2.24) is 15.3 Å². The Kier molecular flexibility index (Phi) is 8.62. The average molecular weight is 533 g/mol. The maximum absolute atomic E-state index is 13.0. The van der Waals surface area contributed by atoms with Crippen molar-refractivity contribution in [2.24, 2.45) is 5.92 Å². The third-order valence-electron chi connectivity index (χ3n) is 5.18. The first-order chi connectivity index (χ1) is 17.8. The SMILES string of the molecule is O=C(COCC1CC1)NC(Sc1ncccc1C(=O)Nc1ccc(OC(F)(F)F)cc1)c1ccncc1. The van der Waals surface area contributed by atoms with Crippen LogP contribution in [0.15, 0.2) is 72.1 Å². The van der Waals surface area contributed by atoms with Crippen molar-refractivity contribution in [3.8, 4) is 5.75 Å². The second-order valence-corrected chi connectivity index (χ2v) is 9.28. The van der Waals surface area contributed by atoms with Crippen molar-refractivity contribution < 1.29 is 32.2 Å². The molecule has 2 aromatic heterocycles. The number of nitrogens with zero attached hydrogens (tertiary/aromatic N) is 2. The summed E-state index contributed by atoms with van der Waals surface area (Å²) in [5.41, 5.74) is 1.24. The quantitative estimate of drug-likeness (QED) is 0.266. The molecule has 1 aliphatic rings. The summed E-state index contributed by atoms with van der Waals surface area (Å²) in [4.78, 5) is 33.9. The highest BCUT2D eigenvalue weighted by Gasteiger charge is 2.31. The topological polar surface area (TPSA) is 102 Å². The molecule has 0 radical (unpaired) electrons.